The van der Waals surface area contributed by atoms with Crippen molar-refractivity contribution in [2.45, 2.75) is 12.4 Å². The van der Waals surface area contributed by atoms with E-state index in [1.807, 2.05) is 0 Å². The Morgan fingerprint density at radius 1 is 1.04 bits per heavy atom. The van der Waals surface area contributed by atoms with Crippen LogP contribution in [0.5, 0.6) is 0 Å². The number of hydrazone groups is 1. The summed E-state index contributed by atoms with van der Waals surface area (Å²) in [6.45, 7) is 0. The first-order chi connectivity index (χ1) is 11.7. The number of benzene rings is 1. The first-order valence-electron chi connectivity index (χ1n) is 6.53. The topological polar surface area (TPSA) is 64.3 Å². The predicted molar refractivity (Wildman–Crippen MR) is 71.3 cm³/mol. The highest BCUT2D eigenvalue weighted by Crippen LogP contribution is 2.35. The fraction of sp³-hybridized carbons (Fsp3) is 0.154. The van der Waals surface area contributed by atoms with Crippen molar-refractivity contribution < 1.29 is 31.1 Å². The van der Waals surface area contributed by atoms with Crippen LogP contribution in [0.1, 0.15) is 16.8 Å². The molecule has 1 N–H and O–H groups in total. The quantitative estimate of drug-likeness (QED) is 0.833. The largest absolute Gasteiger partial charge is 0.443 e. The van der Waals surface area contributed by atoms with E-state index in [-0.39, 0.29) is 11.5 Å². The Kier molecular flexibility index (Phi) is 3.89. The zero-order valence-electron chi connectivity index (χ0n) is 11.9. The van der Waals surface area contributed by atoms with E-state index in [4.69, 9.17) is 4.74 Å². The molecule has 12 heteroatoms. The molecule has 3 rings (SSSR count). The van der Waals surface area contributed by atoms with Crippen molar-refractivity contribution in [2.75, 3.05) is 0 Å². The van der Waals surface area contributed by atoms with Gasteiger partial charge in [0.2, 0.25) is 5.90 Å². The maximum Gasteiger partial charge on any atom is 0.436 e. The van der Waals surface area contributed by atoms with Crippen LogP contribution < -0.4 is 5.43 Å². The Hall–Kier alpha value is -3.05. The van der Waals surface area contributed by atoms with Crippen molar-refractivity contribution in [2.24, 2.45) is 5.10 Å². The number of rotatable bonds is 2. The van der Waals surface area contributed by atoms with E-state index in [1.165, 1.54) is 18.5 Å². The Balaban J connectivity index is 2.07. The summed E-state index contributed by atoms with van der Waals surface area (Å²) in [5, 5.41) is 9.65. The molecule has 0 bridgehead atoms. The van der Waals surface area contributed by atoms with Crippen LogP contribution in [-0.4, -0.2) is 20.9 Å². The smallest absolute Gasteiger partial charge is 0.436 e. The molecule has 0 radical (unpaired) electrons. The second-order valence-electron chi connectivity index (χ2n) is 4.74. The third-order valence-electron chi connectivity index (χ3n) is 3.07. The van der Waals surface area contributed by atoms with Gasteiger partial charge in [-0.3, -0.25) is 5.43 Å². The van der Waals surface area contributed by atoms with E-state index in [2.05, 4.69) is 20.8 Å². The predicted octanol–water partition coefficient (Wildman–Crippen LogP) is 3.06. The number of aromatic nitrogens is 3. The number of alkyl halides is 6. The molecule has 2 heterocycles. The molecule has 0 spiro atoms. The number of nitrogens with zero attached hydrogens (tertiary/aromatic N) is 4. The first-order valence-corrected chi connectivity index (χ1v) is 6.53. The SMILES string of the molecule is FC(F)(F)c1cn(-c2ccc(C3=NNC=CO3)cc2C(F)(F)F)nn1. The van der Waals surface area contributed by atoms with Gasteiger partial charge in [-0.25, -0.2) is 4.68 Å². The average molecular weight is 363 g/mol. The zero-order chi connectivity index (χ0) is 18.2. The Labute approximate surface area is 135 Å². The van der Waals surface area contributed by atoms with Crippen LogP contribution in [0.2, 0.25) is 0 Å². The molecular weight excluding hydrogens is 356 g/mol. The minimum atomic E-state index is -4.85. The third-order valence-corrected chi connectivity index (χ3v) is 3.07. The summed E-state index contributed by atoms with van der Waals surface area (Å²) in [7, 11) is 0. The number of hydrogen-bond acceptors (Lipinski definition) is 5. The number of nitrogens with one attached hydrogen (secondary N) is 1. The lowest BCUT2D eigenvalue weighted by molar-refractivity contribution is -0.141. The van der Waals surface area contributed by atoms with Crippen LogP contribution >= 0.6 is 0 Å². The molecule has 1 aliphatic heterocycles. The summed E-state index contributed by atoms with van der Waals surface area (Å²) < 4.78 is 83.1. The molecule has 2 aromatic rings. The van der Waals surface area contributed by atoms with Crippen LogP contribution in [0, 0.1) is 0 Å². The average Bonchev–Trinajstić information content (AvgIpc) is 3.04. The van der Waals surface area contributed by atoms with E-state index in [0.717, 1.165) is 6.07 Å². The third kappa shape index (κ3) is 3.41. The molecule has 0 saturated heterocycles. The van der Waals surface area contributed by atoms with Crippen molar-refractivity contribution in [1.29, 1.82) is 0 Å². The van der Waals surface area contributed by atoms with Gasteiger partial charge in [0, 0.05) is 5.56 Å². The lowest BCUT2D eigenvalue weighted by Crippen LogP contribution is -2.16. The minimum Gasteiger partial charge on any atom is -0.443 e. The standard InChI is InChI=1S/C13H7F6N5O/c14-12(15,16)8-5-7(11-22-20-3-4-25-11)1-2-9(8)24-6-10(21-23-24)13(17,18)19/h1-6,20H. The van der Waals surface area contributed by atoms with Crippen molar-refractivity contribution in [3.8, 4) is 5.69 Å². The number of hydrogen-bond donors (Lipinski definition) is 1. The summed E-state index contributed by atoms with van der Waals surface area (Å²) >= 11 is 0. The number of halogens is 6. The van der Waals surface area contributed by atoms with Crippen LogP contribution in [0.4, 0.5) is 26.3 Å². The molecule has 0 amide bonds. The molecule has 1 aliphatic rings. The second-order valence-corrected chi connectivity index (χ2v) is 4.74. The van der Waals surface area contributed by atoms with Gasteiger partial charge in [0.15, 0.2) is 5.69 Å². The van der Waals surface area contributed by atoms with Crippen LogP contribution in [0.3, 0.4) is 0 Å². The molecule has 6 nitrogen and oxygen atoms in total. The molecule has 0 saturated carbocycles. The van der Waals surface area contributed by atoms with E-state index in [0.29, 0.717) is 16.9 Å². The summed E-state index contributed by atoms with van der Waals surface area (Å²) in [4.78, 5) is 0. The second kappa shape index (κ2) is 5.79. The summed E-state index contributed by atoms with van der Waals surface area (Å²) in [6.07, 6.45) is -6.80. The van der Waals surface area contributed by atoms with Gasteiger partial charge in [0.1, 0.15) is 6.26 Å². The van der Waals surface area contributed by atoms with Gasteiger partial charge in [0.25, 0.3) is 0 Å². The summed E-state index contributed by atoms with van der Waals surface area (Å²) in [5.41, 5.74) is -0.851. The molecule has 0 atom stereocenters. The van der Waals surface area contributed by atoms with E-state index in [9.17, 15) is 26.3 Å². The van der Waals surface area contributed by atoms with Crippen molar-refractivity contribution in [3.63, 3.8) is 0 Å². The maximum absolute atomic E-state index is 13.3. The Bertz CT molecular complexity index is 851. The summed E-state index contributed by atoms with van der Waals surface area (Å²) in [6, 6.07) is 2.86. The highest BCUT2D eigenvalue weighted by atomic mass is 19.4. The van der Waals surface area contributed by atoms with Gasteiger partial charge in [-0.05, 0) is 18.2 Å². The van der Waals surface area contributed by atoms with Gasteiger partial charge in [-0.2, -0.15) is 26.3 Å². The van der Waals surface area contributed by atoms with E-state index < -0.39 is 29.3 Å². The highest BCUT2D eigenvalue weighted by molar-refractivity contribution is 5.95. The minimum absolute atomic E-state index is 0.0240. The lowest BCUT2D eigenvalue weighted by Gasteiger charge is -2.15. The van der Waals surface area contributed by atoms with Gasteiger partial charge >= 0.3 is 12.4 Å². The fourth-order valence-electron chi connectivity index (χ4n) is 1.99. The molecule has 132 valence electrons. The van der Waals surface area contributed by atoms with Crippen LogP contribution in [0.25, 0.3) is 5.69 Å². The molecule has 25 heavy (non-hydrogen) atoms. The van der Waals surface area contributed by atoms with Gasteiger partial charge < -0.3 is 4.74 Å². The Morgan fingerprint density at radius 3 is 2.36 bits per heavy atom. The normalized spacial score (nSPS) is 14.7. The van der Waals surface area contributed by atoms with Crippen molar-refractivity contribution in [3.05, 3.63) is 53.7 Å². The van der Waals surface area contributed by atoms with Gasteiger partial charge in [-0.1, -0.05) is 5.21 Å². The monoisotopic (exact) mass is 363 g/mol. The highest BCUT2D eigenvalue weighted by Gasteiger charge is 2.37. The molecule has 1 aromatic heterocycles. The molecule has 0 unspecified atom stereocenters. The van der Waals surface area contributed by atoms with Crippen LogP contribution in [0.15, 0.2) is 42.0 Å². The summed E-state index contributed by atoms with van der Waals surface area (Å²) in [5.74, 6) is -0.130. The van der Waals surface area contributed by atoms with E-state index in [1.54, 1.807) is 0 Å². The van der Waals surface area contributed by atoms with Crippen LogP contribution in [-0.2, 0) is 17.1 Å². The molecule has 0 fully saturated rings. The van der Waals surface area contributed by atoms with Crippen molar-refractivity contribution in [1.82, 2.24) is 20.4 Å². The van der Waals surface area contributed by atoms with Gasteiger partial charge in [0.05, 0.1) is 23.6 Å². The first kappa shape index (κ1) is 16.8. The van der Waals surface area contributed by atoms with Crippen molar-refractivity contribution >= 4 is 5.90 Å². The fourth-order valence-corrected chi connectivity index (χ4v) is 1.99. The molecule has 1 aromatic carbocycles. The maximum atomic E-state index is 13.3. The van der Waals surface area contributed by atoms with E-state index >= 15 is 0 Å². The zero-order valence-corrected chi connectivity index (χ0v) is 11.9. The molecular formula is C13H7F6N5O. The lowest BCUT2D eigenvalue weighted by atomic mass is 10.1. The Morgan fingerprint density at radius 2 is 1.80 bits per heavy atom. The molecule has 0 aliphatic carbocycles. The number of ether oxygens (including phenoxy) is 1. The van der Waals surface area contributed by atoms with Gasteiger partial charge in [-0.15, -0.1) is 10.2 Å².